The lowest BCUT2D eigenvalue weighted by molar-refractivity contribution is -0.714. The van der Waals surface area contributed by atoms with Gasteiger partial charge in [-0.1, -0.05) is 13.8 Å². The maximum atomic E-state index is 12.1. The van der Waals surface area contributed by atoms with Gasteiger partial charge in [-0.15, -0.1) is 0 Å². The second-order valence-corrected chi connectivity index (χ2v) is 6.06. The van der Waals surface area contributed by atoms with Crippen LogP contribution in [-0.2, 0) is 9.53 Å². The van der Waals surface area contributed by atoms with E-state index < -0.39 is 0 Å². The summed E-state index contributed by atoms with van der Waals surface area (Å²) >= 11 is 0. The van der Waals surface area contributed by atoms with E-state index in [0.717, 1.165) is 18.9 Å². The Morgan fingerprint density at radius 1 is 1.47 bits per heavy atom. The zero-order valence-electron chi connectivity index (χ0n) is 9.80. The fraction of sp³-hybridized carbons (Fsp3) is 0.917. The highest BCUT2D eigenvalue weighted by atomic mass is 16.5. The predicted octanol–water partition coefficient (Wildman–Crippen LogP) is 0.301. The summed E-state index contributed by atoms with van der Waals surface area (Å²) in [5.41, 5.74) is 0.276. The van der Waals surface area contributed by atoms with Crippen molar-refractivity contribution in [2.45, 2.75) is 38.6 Å². The van der Waals surface area contributed by atoms with Crippen LogP contribution in [0.5, 0.6) is 0 Å². The monoisotopic (exact) mass is 210 g/mol. The SMILES string of the molecule is COC(=O)C12CC3CCC1(C)C3(C)C[NH2+]2. The molecule has 0 aromatic rings. The lowest BCUT2D eigenvalue weighted by atomic mass is 9.66. The molecule has 0 radical (unpaired) electrons. The molecule has 84 valence electrons. The van der Waals surface area contributed by atoms with Crippen molar-refractivity contribution >= 4 is 5.97 Å². The number of carbonyl (C=O) groups excluding carboxylic acids is 1. The summed E-state index contributed by atoms with van der Waals surface area (Å²) in [6, 6.07) is 0. The smallest absolute Gasteiger partial charge is 0.368 e. The third kappa shape index (κ3) is 0.718. The van der Waals surface area contributed by atoms with Crippen molar-refractivity contribution in [1.82, 2.24) is 0 Å². The Morgan fingerprint density at radius 3 is 2.73 bits per heavy atom. The van der Waals surface area contributed by atoms with Gasteiger partial charge in [0.25, 0.3) is 0 Å². The standard InChI is InChI=1S/C12H19NO2/c1-10-7-13-12(9(14)15-3)6-8(10)4-5-11(10,12)2/h8,13H,4-7H2,1-3H3/p+1. The average molecular weight is 210 g/mol. The summed E-state index contributed by atoms with van der Waals surface area (Å²) in [5, 5.41) is 2.26. The van der Waals surface area contributed by atoms with Crippen molar-refractivity contribution in [3.05, 3.63) is 0 Å². The number of hydrogen-bond acceptors (Lipinski definition) is 2. The highest BCUT2D eigenvalue weighted by molar-refractivity contribution is 5.82. The van der Waals surface area contributed by atoms with Gasteiger partial charge >= 0.3 is 5.97 Å². The lowest BCUT2D eigenvalue weighted by Crippen LogP contribution is -2.99. The van der Waals surface area contributed by atoms with Gasteiger partial charge in [0.2, 0.25) is 5.54 Å². The Kier molecular flexibility index (Phi) is 1.54. The summed E-state index contributed by atoms with van der Waals surface area (Å²) in [6.45, 7) is 5.78. The van der Waals surface area contributed by atoms with Crippen LogP contribution in [0.4, 0.5) is 0 Å². The molecule has 4 unspecified atom stereocenters. The van der Waals surface area contributed by atoms with Crippen LogP contribution in [0.25, 0.3) is 0 Å². The molecule has 1 saturated heterocycles. The third-order valence-electron chi connectivity index (χ3n) is 6.13. The van der Waals surface area contributed by atoms with Gasteiger partial charge in [0.15, 0.2) is 0 Å². The minimum Gasteiger partial charge on any atom is -0.464 e. The minimum atomic E-state index is -0.251. The van der Waals surface area contributed by atoms with E-state index in [-0.39, 0.29) is 16.9 Å². The number of esters is 1. The van der Waals surface area contributed by atoms with Gasteiger partial charge in [-0.3, -0.25) is 0 Å². The topological polar surface area (TPSA) is 42.9 Å². The molecule has 3 nitrogen and oxygen atoms in total. The van der Waals surface area contributed by atoms with E-state index in [9.17, 15) is 4.79 Å². The molecule has 2 N–H and O–H groups in total. The van der Waals surface area contributed by atoms with Crippen molar-refractivity contribution in [2.75, 3.05) is 13.7 Å². The van der Waals surface area contributed by atoms with Gasteiger partial charge in [-0.2, -0.15) is 0 Å². The maximum absolute atomic E-state index is 12.1. The lowest BCUT2D eigenvalue weighted by Gasteiger charge is -2.36. The molecular formula is C12H20NO2+. The summed E-state index contributed by atoms with van der Waals surface area (Å²) < 4.78 is 5.05. The fourth-order valence-electron chi connectivity index (χ4n) is 4.85. The summed E-state index contributed by atoms with van der Waals surface area (Å²) in [4.78, 5) is 12.1. The molecule has 3 heteroatoms. The number of quaternary nitrogens is 1. The van der Waals surface area contributed by atoms with Crippen molar-refractivity contribution in [1.29, 1.82) is 0 Å². The number of ether oxygens (including phenoxy) is 1. The Hall–Kier alpha value is -0.570. The van der Waals surface area contributed by atoms with Crippen LogP contribution in [0.3, 0.4) is 0 Å². The largest absolute Gasteiger partial charge is 0.464 e. The Morgan fingerprint density at radius 2 is 2.20 bits per heavy atom. The summed E-state index contributed by atoms with van der Waals surface area (Å²) in [7, 11) is 1.52. The van der Waals surface area contributed by atoms with Gasteiger partial charge in [0, 0.05) is 17.3 Å². The average Bonchev–Trinajstić information content (AvgIpc) is 2.70. The second-order valence-electron chi connectivity index (χ2n) is 6.06. The number of piperidine rings is 1. The Labute approximate surface area is 90.6 Å². The van der Waals surface area contributed by atoms with Gasteiger partial charge in [0.1, 0.15) is 0 Å². The second kappa shape index (κ2) is 2.40. The van der Waals surface area contributed by atoms with Gasteiger partial charge in [-0.25, -0.2) is 4.79 Å². The molecule has 2 saturated carbocycles. The first kappa shape index (κ1) is 9.64. The minimum absolute atomic E-state index is 0.0101. The first-order valence-electron chi connectivity index (χ1n) is 5.93. The number of rotatable bonds is 1. The van der Waals surface area contributed by atoms with Crippen molar-refractivity contribution in [3.8, 4) is 0 Å². The molecule has 2 aliphatic carbocycles. The Bertz CT molecular complexity index is 343. The van der Waals surface area contributed by atoms with Crippen molar-refractivity contribution in [3.63, 3.8) is 0 Å². The molecule has 1 heterocycles. The van der Waals surface area contributed by atoms with E-state index in [2.05, 4.69) is 19.2 Å². The molecule has 3 aliphatic rings. The van der Waals surface area contributed by atoms with E-state index >= 15 is 0 Å². The van der Waals surface area contributed by atoms with Crippen LogP contribution >= 0.6 is 0 Å². The molecule has 0 amide bonds. The molecule has 4 bridgehead atoms. The normalized spacial score (nSPS) is 56.1. The quantitative estimate of drug-likeness (QED) is 0.633. The Balaban J connectivity index is 2.12. The van der Waals surface area contributed by atoms with Crippen LogP contribution in [0.15, 0.2) is 0 Å². The maximum Gasteiger partial charge on any atom is 0.368 e. The van der Waals surface area contributed by atoms with Gasteiger partial charge in [0.05, 0.1) is 13.7 Å². The van der Waals surface area contributed by atoms with Crippen molar-refractivity contribution < 1.29 is 14.8 Å². The van der Waals surface area contributed by atoms with Crippen molar-refractivity contribution in [2.24, 2.45) is 16.7 Å². The van der Waals surface area contributed by atoms with E-state index in [4.69, 9.17) is 4.74 Å². The fourth-order valence-corrected chi connectivity index (χ4v) is 4.85. The van der Waals surface area contributed by atoms with E-state index in [1.807, 2.05) is 0 Å². The summed E-state index contributed by atoms with van der Waals surface area (Å²) in [5.74, 6) is 0.752. The molecule has 15 heavy (non-hydrogen) atoms. The first-order chi connectivity index (χ1) is 7.00. The van der Waals surface area contributed by atoms with Crippen LogP contribution in [0.1, 0.15) is 33.1 Å². The molecule has 0 aromatic heterocycles. The molecule has 4 atom stereocenters. The van der Waals surface area contributed by atoms with Crippen LogP contribution < -0.4 is 5.32 Å². The van der Waals surface area contributed by atoms with E-state index in [0.29, 0.717) is 5.41 Å². The number of carbonyl (C=O) groups is 1. The molecule has 3 fully saturated rings. The summed E-state index contributed by atoms with van der Waals surface area (Å²) in [6.07, 6.45) is 3.53. The molecular weight excluding hydrogens is 190 g/mol. The molecule has 0 spiro atoms. The van der Waals surface area contributed by atoms with Gasteiger partial charge in [-0.05, 0) is 18.8 Å². The number of nitrogens with two attached hydrogens (primary N) is 1. The van der Waals surface area contributed by atoms with E-state index in [1.165, 1.54) is 20.0 Å². The third-order valence-corrected chi connectivity index (χ3v) is 6.13. The molecule has 0 aromatic carbocycles. The zero-order valence-corrected chi connectivity index (χ0v) is 9.80. The van der Waals surface area contributed by atoms with Crippen LogP contribution in [0.2, 0.25) is 0 Å². The first-order valence-corrected chi connectivity index (χ1v) is 5.93. The number of methoxy groups -OCH3 is 1. The highest BCUT2D eigenvalue weighted by Gasteiger charge is 2.81. The predicted molar refractivity (Wildman–Crippen MR) is 55.1 cm³/mol. The highest BCUT2D eigenvalue weighted by Crippen LogP contribution is 2.70. The molecule has 3 rings (SSSR count). The van der Waals surface area contributed by atoms with Crippen LogP contribution in [-0.4, -0.2) is 25.2 Å². The van der Waals surface area contributed by atoms with Gasteiger partial charge < -0.3 is 10.1 Å². The van der Waals surface area contributed by atoms with Crippen LogP contribution in [0, 0.1) is 16.7 Å². The van der Waals surface area contributed by atoms with E-state index in [1.54, 1.807) is 0 Å². The zero-order chi connectivity index (χ0) is 10.9. The molecule has 1 aliphatic heterocycles. The number of hydrogen-bond donors (Lipinski definition) is 1.